The smallest absolute Gasteiger partial charge is 0.411 e. The van der Waals surface area contributed by atoms with E-state index >= 15 is 0 Å². The van der Waals surface area contributed by atoms with Gasteiger partial charge in [0.2, 0.25) is 0 Å². The van der Waals surface area contributed by atoms with E-state index < -0.39 is 6.09 Å². The summed E-state index contributed by atoms with van der Waals surface area (Å²) in [6.45, 7) is 0. The van der Waals surface area contributed by atoms with Gasteiger partial charge in [-0.3, -0.25) is 14.3 Å². The monoisotopic (exact) mass is 563 g/mol. The number of nitrogens with zero attached hydrogens (tertiary/aromatic N) is 8. The van der Waals surface area contributed by atoms with Gasteiger partial charge in [0.1, 0.15) is 18.0 Å². The second kappa shape index (κ2) is 9.64. The van der Waals surface area contributed by atoms with Crippen molar-refractivity contribution in [1.82, 2.24) is 39.7 Å². The number of H-pyrrole nitrogens is 1. The van der Waals surface area contributed by atoms with E-state index in [0.29, 0.717) is 57.8 Å². The van der Waals surface area contributed by atoms with Crippen LogP contribution in [0, 0.1) is 0 Å². The van der Waals surface area contributed by atoms with Crippen LogP contribution >= 0.6 is 23.2 Å². The van der Waals surface area contributed by atoms with Crippen LogP contribution in [0.15, 0.2) is 59.7 Å². The van der Waals surface area contributed by atoms with Gasteiger partial charge in [-0.15, -0.1) is 5.10 Å². The molecule has 4 heterocycles. The molecule has 0 saturated heterocycles. The van der Waals surface area contributed by atoms with Crippen LogP contribution in [0.25, 0.3) is 28.3 Å². The van der Waals surface area contributed by atoms with E-state index in [4.69, 9.17) is 28.2 Å². The molecule has 2 N–H and O–H groups in total. The van der Waals surface area contributed by atoms with Crippen LogP contribution in [0.4, 0.5) is 10.5 Å². The topological polar surface area (TPSA) is 148 Å². The van der Waals surface area contributed by atoms with E-state index in [-0.39, 0.29) is 16.8 Å². The number of amides is 1. The maximum Gasteiger partial charge on any atom is 0.411 e. The summed E-state index contributed by atoms with van der Waals surface area (Å²) in [4.78, 5) is 38.3. The number of aryl methyl sites for hydroxylation is 1. The lowest BCUT2D eigenvalue weighted by Crippen LogP contribution is -2.25. The predicted molar refractivity (Wildman–Crippen MR) is 144 cm³/mol. The molecule has 5 aromatic rings. The molecule has 0 saturated carbocycles. The minimum absolute atomic E-state index is 0.242. The third kappa shape index (κ3) is 4.43. The maximum atomic E-state index is 13.4. The number of nitrogens with one attached hydrogen (secondary N) is 1. The summed E-state index contributed by atoms with van der Waals surface area (Å²) in [6.07, 6.45) is 1.55. The fraction of sp³-hybridized carbons (Fsp3) is 0.160. The highest BCUT2D eigenvalue weighted by atomic mass is 35.5. The minimum Gasteiger partial charge on any atom is -0.465 e. The van der Waals surface area contributed by atoms with Crippen molar-refractivity contribution < 1.29 is 9.90 Å². The Morgan fingerprint density at radius 3 is 2.64 bits per heavy atom. The SMILES string of the molecule is CN(C(=O)O)c1ccc(-c2nc(Cl)c([C@@H]3CCc4nc(-c5cc(Cl)ccc5-n5cnnn5)cc(=O)n43)[nH]2)cc1. The number of benzene rings is 2. The van der Waals surface area contributed by atoms with Crippen molar-refractivity contribution in [2.75, 3.05) is 11.9 Å². The van der Waals surface area contributed by atoms with Crippen LogP contribution in [0.5, 0.6) is 0 Å². The highest BCUT2D eigenvalue weighted by Gasteiger charge is 2.30. The molecule has 12 nitrogen and oxygen atoms in total. The largest absolute Gasteiger partial charge is 0.465 e. The van der Waals surface area contributed by atoms with Gasteiger partial charge < -0.3 is 10.1 Å². The zero-order valence-corrected chi connectivity index (χ0v) is 21.8. The van der Waals surface area contributed by atoms with E-state index in [0.717, 1.165) is 10.5 Å². The van der Waals surface area contributed by atoms with Gasteiger partial charge >= 0.3 is 6.09 Å². The van der Waals surface area contributed by atoms with Crippen LogP contribution in [0.1, 0.15) is 24.0 Å². The molecule has 6 rings (SSSR count). The summed E-state index contributed by atoms with van der Waals surface area (Å²) >= 11 is 12.8. The molecule has 3 aromatic heterocycles. The van der Waals surface area contributed by atoms with E-state index in [2.05, 4.69) is 25.5 Å². The second-order valence-corrected chi connectivity index (χ2v) is 9.71. The van der Waals surface area contributed by atoms with Crippen LogP contribution in [0.2, 0.25) is 10.2 Å². The molecule has 0 aliphatic carbocycles. The number of carbonyl (C=O) groups is 1. The number of imidazole rings is 1. The molecule has 0 radical (unpaired) electrons. The summed E-state index contributed by atoms with van der Waals surface area (Å²) in [7, 11) is 1.47. The zero-order valence-electron chi connectivity index (χ0n) is 20.3. The lowest BCUT2D eigenvalue weighted by Gasteiger charge is -2.15. The number of hydrogen-bond acceptors (Lipinski definition) is 7. The molecule has 0 spiro atoms. The normalized spacial score (nSPS) is 14.4. The highest BCUT2D eigenvalue weighted by Crippen LogP contribution is 2.36. The second-order valence-electron chi connectivity index (χ2n) is 8.91. The van der Waals surface area contributed by atoms with Crippen molar-refractivity contribution in [3.63, 3.8) is 0 Å². The molecule has 14 heteroatoms. The van der Waals surface area contributed by atoms with Gasteiger partial charge in [-0.1, -0.05) is 23.2 Å². The Labute approximate surface area is 230 Å². The van der Waals surface area contributed by atoms with Crippen molar-refractivity contribution in [3.05, 3.63) is 86.9 Å². The first kappa shape index (κ1) is 24.8. The summed E-state index contributed by atoms with van der Waals surface area (Å²) < 4.78 is 3.11. The summed E-state index contributed by atoms with van der Waals surface area (Å²) in [6, 6.07) is 13.2. The fourth-order valence-electron chi connectivity index (χ4n) is 4.72. The molecule has 2 aromatic carbocycles. The standard InChI is InChI=1S/C25H19Cl2N9O3/c1-34(25(38)39)15-5-2-13(3-6-15)24-30-22(23(27)31-24)19-8-9-20-29-17(11-21(37)36(19)20)16-10-14(26)4-7-18(16)35-12-28-32-33-35/h2-7,10-12,19H,8-9H2,1H3,(H,30,31)(H,38,39)/t19-/m0/s1. The molecule has 0 unspecified atom stereocenters. The number of hydrogen-bond donors (Lipinski definition) is 2. The number of carboxylic acid groups (broad SMARTS) is 1. The van der Waals surface area contributed by atoms with Crippen LogP contribution in [-0.4, -0.2) is 58.0 Å². The van der Waals surface area contributed by atoms with Gasteiger partial charge in [-0.05, 0) is 59.3 Å². The molecule has 196 valence electrons. The number of tetrazole rings is 1. The van der Waals surface area contributed by atoms with Gasteiger partial charge in [0.15, 0.2) is 5.15 Å². The Kier molecular flexibility index (Phi) is 6.12. The number of aromatic nitrogens is 8. The third-order valence-electron chi connectivity index (χ3n) is 6.64. The van der Waals surface area contributed by atoms with Crippen molar-refractivity contribution in [1.29, 1.82) is 0 Å². The Hall–Kier alpha value is -4.55. The molecule has 39 heavy (non-hydrogen) atoms. The Balaban J connectivity index is 1.35. The fourth-order valence-corrected chi connectivity index (χ4v) is 5.15. The maximum absolute atomic E-state index is 13.4. The summed E-state index contributed by atoms with van der Waals surface area (Å²) in [5, 5.41) is 21.3. The predicted octanol–water partition coefficient (Wildman–Crippen LogP) is 4.23. The van der Waals surface area contributed by atoms with Gasteiger partial charge in [-0.25, -0.2) is 14.8 Å². The molecular weight excluding hydrogens is 545 g/mol. The molecule has 1 aliphatic heterocycles. The minimum atomic E-state index is -1.06. The number of fused-ring (bicyclic) bond motifs is 1. The average Bonchev–Trinajstić information content (AvgIpc) is 3.68. The van der Waals surface area contributed by atoms with Gasteiger partial charge in [0, 0.05) is 41.4 Å². The van der Waals surface area contributed by atoms with Crippen LogP contribution in [-0.2, 0) is 6.42 Å². The molecule has 1 aliphatic rings. The Bertz CT molecular complexity index is 1760. The van der Waals surface area contributed by atoms with E-state index in [1.165, 1.54) is 24.1 Å². The number of anilines is 1. The van der Waals surface area contributed by atoms with Gasteiger partial charge in [0.05, 0.1) is 23.1 Å². The quantitative estimate of drug-likeness (QED) is 0.322. The highest BCUT2D eigenvalue weighted by molar-refractivity contribution is 6.31. The average molecular weight is 564 g/mol. The Morgan fingerprint density at radius 2 is 1.92 bits per heavy atom. The Morgan fingerprint density at radius 1 is 1.13 bits per heavy atom. The van der Waals surface area contributed by atoms with Crippen LogP contribution in [0.3, 0.4) is 0 Å². The molecule has 1 amide bonds. The van der Waals surface area contributed by atoms with Crippen molar-refractivity contribution >= 4 is 35.0 Å². The summed E-state index contributed by atoms with van der Waals surface area (Å²) in [5.74, 6) is 1.12. The lowest BCUT2D eigenvalue weighted by molar-refractivity contribution is 0.203. The molecule has 0 bridgehead atoms. The van der Waals surface area contributed by atoms with Crippen molar-refractivity contribution in [3.8, 4) is 28.3 Å². The number of rotatable bonds is 5. The first-order chi connectivity index (χ1) is 18.8. The zero-order chi connectivity index (χ0) is 27.3. The molecule has 1 atom stereocenters. The number of halogens is 2. The third-order valence-corrected chi connectivity index (χ3v) is 7.17. The van der Waals surface area contributed by atoms with E-state index in [9.17, 15) is 14.7 Å². The van der Waals surface area contributed by atoms with E-state index in [1.807, 2.05) is 0 Å². The first-order valence-corrected chi connectivity index (χ1v) is 12.5. The van der Waals surface area contributed by atoms with Crippen molar-refractivity contribution in [2.45, 2.75) is 18.9 Å². The first-order valence-electron chi connectivity index (χ1n) is 11.8. The molecular formula is C25H19Cl2N9O3. The number of aromatic amines is 1. The summed E-state index contributed by atoms with van der Waals surface area (Å²) in [5.41, 5.74) is 3.32. The van der Waals surface area contributed by atoms with Gasteiger partial charge in [-0.2, -0.15) is 4.68 Å². The lowest BCUT2D eigenvalue weighted by atomic mass is 10.1. The van der Waals surface area contributed by atoms with Crippen molar-refractivity contribution in [2.24, 2.45) is 0 Å². The van der Waals surface area contributed by atoms with Gasteiger partial charge in [0.25, 0.3) is 5.56 Å². The van der Waals surface area contributed by atoms with Crippen LogP contribution < -0.4 is 10.5 Å². The van der Waals surface area contributed by atoms with E-state index in [1.54, 1.807) is 47.0 Å². The molecule has 0 fully saturated rings.